The fourth-order valence-electron chi connectivity index (χ4n) is 2.39. The van der Waals surface area contributed by atoms with Gasteiger partial charge in [0.15, 0.2) is 0 Å². The molecule has 0 saturated heterocycles. The van der Waals surface area contributed by atoms with E-state index in [0.717, 1.165) is 11.1 Å². The topological polar surface area (TPSA) is 49.4 Å². The number of aryl methyl sites for hydroxylation is 2. The number of rotatable bonds is 4. The molecule has 0 aliphatic carbocycles. The molecule has 120 valence electrons. The Labute approximate surface area is 134 Å². The van der Waals surface area contributed by atoms with Gasteiger partial charge in [0.2, 0.25) is 11.8 Å². The predicted molar refractivity (Wildman–Crippen MR) is 89.0 cm³/mol. The molecule has 0 aromatic heterocycles. The second kappa shape index (κ2) is 7.05. The summed E-state index contributed by atoms with van der Waals surface area (Å²) in [6.07, 6.45) is 0. The number of anilines is 2. The van der Waals surface area contributed by atoms with Crippen LogP contribution in [0.4, 0.5) is 15.8 Å². The van der Waals surface area contributed by atoms with E-state index in [9.17, 15) is 14.0 Å². The van der Waals surface area contributed by atoms with Gasteiger partial charge in [-0.05, 0) is 49.2 Å². The zero-order valence-corrected chi connectivity index (χ0v) is 13.4. The standard InChI is InChI=1S/C18H19FN2O2/c1-12-8-13(2)10-15(9-12)21(14(3)22)11-18(23)20-17-7-5-4-6-16(17)19/h4-10H,11H2,1-3H3,(H,20,23). The molecule has 0 spiro atoms. The first-order chi connectivity index (χ1) is 10.9. The highest BCUT2D eigenvalue weighted by Gasteiger charge is 2.17. The molecule has 2 amide bonds. The van der Waals surface area contributed by atoms with E-state index in [-0.39, 0.29) is 18.1 Å². The zero-order chi connectivity index (χ0) is 17.0. The van der Waals surface area contributed by atoms with E-state index in [2.05, 4.69) is 5.32 Å². The minimum Gasteiger partial charge on any atom is -0.322 e. The van der Waals surface area contributed by atoms with Crippen molar-refractivity contribution in [2.24, 2.45) is 0 Å². The van der Waals surface area contributed by atoms with E-state index < -0.39 is 11.7 Å². The molecular weight excluding hydrogens is 295 g/mol. The first-order valence-electron chi connectivity index (χ1n) is 7.27. The Morgan fingerprint density at radius 2 is 1.70 bits per heavy atom. The third-order valence-corrected chi connectivity index (χ3v) is 3.35. The number of carbonyl (C=O) groups excluding carboxylic acids is 2. The van der Waals surface area contributed by atoms with Crippen molar-refractivity contribution >= 4 is 23.2 Å². The summed E-state index contributed by atoms with van der Waals surface area (Å²) in [5.41, 5.74) is 2.75. The van der Waals surface area contributed by atoms with Gasteiger partial charge in [-0.25, -0.2) is 4.39 Å². The molecule has 1 N–H and O–H groups in total. The number of carbonyl (C=O) groups is 2. The van der Waals surface area contributed by atoms with Crippen molar-refractivity contribution in [3.63, 3.8) is 0 Å². The third kappa shape index (κ3) is 4.39. The maximum absolute atomic E-state index is 13.6. The van der Waals surface area contributed by atoms with Crippen molar-refractivity contribution in [1.29, 1.82) is 0 Å². The SMILES string of the molecule is CC(=O)N(CC(=O)Nc1ccccc1F)c1cc(C)cc(C)c1. The van der Waals surface area contributed by atoms with Crippen LogP contribution in [-0.2, 0) is 9.59 Å². The molecule has 5 heteroatoms. The van der Waals surface area contributed by atoms with Gasteiger partial charge in [-0.2, -0.15) is 0 Å². The molecule has 2 aromatic carbocycles. The normalized spacial score (nSPS) is 10.3. The quantitative estimate of drug-likeness (QED) is 0.940. The number of para-hydroxylation sites is 1. The van der Waals surface area contributed by atoms with Crippen molar-refractivity contribution in [2.45, 2.75) is 20.8 Å². The number of halogens is 1. The first kappa shape index (κ1) is 16.7. The molecule has 0 bridgehead atoms. The van der Waals surface area contributed by atoms with Gasteiger partial charge >= 0.3 is 0 Å². The van der Waals surface area contributed by atoms with Gasteiger partial charge in [0.05, 0.1) is 5.69 Å². The fraction of sp³-hybridized carbons (Fsp3) is 0.222. The minimum atomic E-state index is -0.512. The highest BCUT2D eigenvalue weighted by molar-refractivity contribution is 6.01. The van der Waals surface area contributed by atoms with Gasteiger partial charge in [0.25, 0.3) is 0 Å². The Bertz CT molecular complexity index is 723. The Morgan fingerprint density at radius 1 is 1.09 bits per heavy atom. The van der Waals surface area contributed by atoms with E-state index in [4.69, 9.17) is 0 Å². The molecule has 4 nitrogen and oxygen atoms in total. The van der Waals surface area contributed by atoms with Crippen LogP contribution >= 0.6 is 0 Å². The van der Waals surface area contributed by atoms with Gasteiger partial charge in [-0.15, -0.1) is 0 Å². The van der Waals surface area contributed by atoms with Crippen molar-refractivity contribution in [1.82, 2.24) is 0 Å². The number of hydrogen-bond donors (Lipinski definition) is 1. The molecule has 0 aliphatic rings. The van der Waals surface area contributed by atoms with Crippen LogP contribution in [0.15, 0.2) is 42.5 Å². The Balaban J connectivity index is 2.18. The summed E-state index contributed by atoms with van der Waals surface area (Å²) in [7, 11) is 0. The highest BCUT2D eigenvalue weighted by Crippen LogP contribution is 2.19. The predicted octanol–water partition coefficient (Wildman–Crippen LogP) is 3.43. The fourth-order valence-corrected chi connectivity index (χ4v) is 2.39. The molecule has 0 aliphatic heterocycles. The van der Waals surface area contributed by atoms with Crippen LogP contribution in [0.5, 0.6) is 0 Å². The molecule has 23 heavy (non-hydrogen) atoms. The number of nitrogens with zero attached hydrogens (tertiary/aromatic N) is 1. The minimum absolute atomic E-state index is 0.0985. The monoisotopic (exact) mass is 314 g/mol. The molecule has 0 radical (unpaired) electrons. The van der Waals surface area contributed by atoms with E-state index in [0.29, 0.717) is 5.69 Å². The Morgan fingerprint density at radius 3 is 2.26 bits per heavy atom. The van der Waals surface area contributed by atoms with Gasteiger partial charge in [-0.3, -0.25) is 9.59 Å². The van der Waals surface area contributed by atoms with Crippen LogP contribution in [0.3, 0.4) is 0 Å². The number of hydrogen-bond acceptors (Lipinski definition) is 2. The van der Waals surface area contributed by atoms with Gasteiger partial charge < -0.3 is 10.2 Å². The van der Waals surface area contributed by atoms with Crippen molar-refractivity contribution < 1.29 is 14.0 Å². The highest BCUT2D eigenvalue weighted by atomic mass is 19.1. The zero-order valence-electron chi connectivity index (χ0n) is 13.4. The largest absolute Gasteiger partial charge is 0.322 e. The van der Waals surface area contributed by atoms with E-state index >= 15 is 0 Å². The average molecular weight is 314 g/mol. The van der Waals surface area contributed by atoms with Crippen LogP contribution in [0.2, 0.25) is 0 Å². The maximum atomic E-state index is 13.6. The van der Waals surface area contributed by atoms with Crippen LogP contribution < -0.4 is 10.2 Å². The van der Waals surface area contributed by atoms with Crippen molar-refractivity contribution in [3.8, 4) is 0 Å². The second-order valence-electron chi connectivity index (χ2n) is 5.48. The maximum Gasteiger partial charge on any atom is 0.244 e. The summed E-state index contributed by atoms with van der Waals surface area (Å²) in [4.78, 5) is 25.4. The summed E-state index contributed by atoms with van der Waals surface area (Å²) >= 11 is 0. The molecular formula is C18H19FN2O2. The Hall–Kier alpha value is -2.69. The van der Waals surface area contributed by atoms with Gasteiger partial charge in [-0.1, -0.05) is 18.2 Å². The second-order valence-corrected chi connectivity index (χ2v) is 5.48. The molecule has 2 rings (SSSR count). The number of amides is 2. The van der Waals surface area contributed by atoms with E-state index in [1.807, 2.05) is 32.0 Å². The average Bonchev–Trinajstić information content (AvgIpc) is 2.46. The molecule has 0 atom stereocenters. The summed E-state index contributed by atoms with van der Waals surface area (Å²) in [5.74, 6) is -1.22. The van der Waals surface area contributed by atoms with E-state index in [1.165, 1.54) is 24.0 Å². The van der Waals surface area contributed by atoms with Crippen LogP contribution in [0, 0.1) is 19.7 Å². The van der Waals surface area contributed by atoms with Gasteiger partial charge in [0, 0.05) is 12.6 Å². The summed E-state index contributed by atoms with van der Waals surface area (Å²) < 4.78 is 13.6. The Kier molecular flexibility index (Phi) is 5.11. The molecule has 0 heterocycles. The summed E-state index contributed by atoms with van der Waals surface area (Å²) in [5, 5.41) is 2.49. The summed E-state index contributed by atoms with van der Waals surface area (Å²) in [6.45, 7) is 5.07. The molecule has 0 fully saturated rings. The smallest absolute Gasteiger partial charge is 0.244 e. The number of benzene rings is 2. The summed E-state index contributed by atoms with van der Waals surface area (Å²) in [6, 6.07) is 11.6. The lowest BCUT2D eigenvalue weighted by atomic mass is 10.1. The first-order valence-corrected chi connectivity index (χ1v) is 7.27. The van der Waals surface area contributed by atoms with Crippen LogP contribution in [0.25, 0.3) is 0 Å². The molecule has 0 saturated carbocycles. The molecule has 2 aromatic rings. The number of nitrogens with one attached hydrogen (secondary N) is 1. The van der Waals surface area contributed by atoms with Crippen molar-refractivity contribution in [3.05, 3.63) is 59.4 Å². The van der Waals surface area contributed by atoms with E-state index in [1.54, 1.807) is 12.1 Å². The molecule has 0 unspecified atom stereocenters. The van der Waals surface area contributed by atoms with Crippen LogP contribution in [0.1, 0.15) is 18.1 Å². The lowest BCUT2D eigenvalue weighted by Crippen LogP contribution is -2.36. The lowest BCUT2D eigenvalue weighted by molar-refractivity contribution is -0.120. The van der Waals surface area contributed by atoms with Gasteiger partial charge in [0.1, 0.15) is 12.4 Å². The third-order valence-electron chi connectivity index (χ3n) is 3.35. The van der Waals surface area contributed by atoms with Crippen LogP contribution in [-0.4, -0.2) is 18.4 Å². The van der Waals surface area contributed by atoms with Crippen molar-refractivity contribution in [2.75, 3.05) is 16.8 Å². The lowest BCUT2D eigenvalue weighted by Gasteiger charge is -2.21.